The van der Waals surface area contributed by atoms with E-state index in [4.69, 9.17) is 5.73 Å². The number of hydrogen-bond acceptors (Lipinski definition) is 5. The van der Waals surface area contributed by atoms with Crippen LogP contribution in [0.4, 0.5) is 11.5 Å². The number of aliphatic hydroxyl groups is 1. The summed E-state index contributed by atoms with van der Waals surface area (Å²) in [4.78, 5) is 8.64. The van der Waals surface area contributed by atoms with Gasteiger partial charge in [-0.3, -0.25) is 0 Å². The zero-order chi connectivity index (χ0) is 13.3. The first-order valence-corrected chi connectivity index (χ1v) is 6.29. The predicted octanol–water partition coefficient (Wildman–Crippen LogP) is 0.473. The molecule has 1 aliphatic heterocycles. The lowest BCUT2D eigenvalue weighted by Crippen LogP contribution is -2.38. The predicted molar refractivity (Wildman–Crippen MR) is 73.7 cm³/mol. The SMILES string of the molecule is Cc1ccnc(N2CC(O)CC2CN(C)C)c1N. The molecular weight excluding hydrogens is 228 g/mol. The van der Waals surface area contributed by atoms with Crippen LogP contribution in [-0.4, -0.2) is 54.3 Å². The highest BCUT2D eigenvalue weighted by atomic mass is 16.3. The lowest BCUT2D eigenvalue weighted by atomic mass is 10.2. The molecule has 1 aromatic rings. The van der Waals surface area contributed by atoms with Crippen LogP contribution in [-0.2, 0) is 0 Å². The van der Waals surface area contributed by atoms with Crippen LogP contribution in [0.5, 0.6) is 0 Å². The summed E-state index contributed by atoms with van der Waals surface area (Å²) in [6, 6.07) is 2.18. The molecule has 2 unspecified atom stereocenters. The van der Waals surface area contributed by atoms with Crippen LogP contribution in [0.2, 0.25) is 0 Å². The van der Waals surface area contributed by atoms with Crippen molar-refractivity contribution in [3.8, 4) is 0 Å². The molecule has 18 heavy (non-hydrogen) atoms. The number of rotatable bonds is 3. The van der Waals surface area contributed by atoms with Gasteiger partial charge >= 0.3 is 0 Å². The highest BCUT2D eigenvalue weighted by molar-refractivity contribution is 5.67. The van der Waals surface area contributed by atoms with Crippen LogP contribution < -0.4 is 10.6 Å². The average Bonchev–Trinajstić information content (AvgIpc) is 2.62. The fraction of sp³-hybridized carbons (Fsp3) is 0.615. The topological polar surface area (TPSA) is 65.6 Å². The van der Waals surface area contributed by atoms with Crippen LogP contribution in [0.25, 0.3) is 0 Å². The molecule has 0 aromatic carbocycles. The molecule has 0 aliphatic carbocycles. The maximum Gasteiger partial charge on any atom is 0.152 e. The number of hydrogen-bond donors (Lipinski definition) is 2. The van der Waals surface area contributed by atoms with Crippen LogP contribution in [0, 0.1) is 6.92 Å². The summed E-state index contributed by atoms with van der Waals surface area (Å²) in [5.74, 6) is 0.804. The van der Waals surface area contributed by atoms with Crippen molar-refractivity contribution in [2.75, 3.05) is 37.8 Å². The largest absolute Gasteiger partial charge is 0.396 e. The number of anilines is 2. The summed E-state index contributed by atoms with van der Waals surface area (Å²) in [5, 5.41) is 9.88. The molecule has 1 saturated heterocycles. The first-order chi connectivity index (χ1) is 8.49. The van der Waals surface area contributed by atoms with Crippen molar-refractivity contribution in [3.63, 3.8) is 0 Å². The molecule has 2 atom stereocenters. The molecule has 100 valence electrons. The Balaban J connectivity index is 2.27. The monoisotopic (exact) mass is 250 g/mol. The summed E-state index contributed by atoms with van der Waals surface area (Å²) < 4.78 is 0. The van der Waals surface area contributed by atoms with E-state index in [0.29, 0.717) is 6.54 Å². The van der Waals surface area contributed by atoms with E-state index in [9.17, 15) is 5.11 Å². The van der Waals surface area contributed by atoms with E-state index in [1.165, 1.54) is 0 Å². The molecule has 5 heteroatoms. The number of β-amino-alcohol motifs (C(OH)–C–C–N with tert-alkyl or cyclic N) is 1. The number of pyridine rings is 1. The molecule has 0 radical (unpaired) electrons. The average molecular weight is 250 g/mol. The van der Waals surface area contributed by atoms with Gasteiger partial charge in [-0.15, -0.1) is 0 Å². The molecule has 0 spiro atoms. The van der Waals surface area contributed by atoms with Gasteiger partial charge in [-0.05, 0) is 39.1 Å². The van der Waals surface area contributed by atoms with Crippen LogP contribution in [0.1, 0.15) is 12.0 Å². The van der Waals surface area contributed by atoms with Gasteiger partial charge in [0.05, 0.1) is 11.8 Å². The Labute approximate surface area is 108 Å². The maximum absolute atomic E-state index is 9.88. The van der Waals surface area contributed by atoms with Crippen molar-refractivity contribution in [1.29, 1.82) is 0 Å². The third-order valence-electron chi connectivity index (χ3n) is 3.43. The van der Waals surface area contributed by atoms with Gasteiger partial charge in [0.15, 0.2) is 5.82 Å². The maximum atomic E-state index is 9.88. The number of aliphatic hydroxyl groups excluding tert-OH is 1. The summed E-state index contributed by atoms with van der Waals surface area (Å²) in [5.41, 5.74) is 7.85. The third-order valence-corrected chi connectivity index (χ3v) is 3.43. The molecule has 2 heterocycles. The number of aromatic nitrogens is 1. The molecule has 0 saturated carbocycles. The minimum atomic E-state index is -0.295. The van der Waals surface area contributed by atoms with E-state index in [0.717, 1.165) is 30.0 Å². The minimum absolute atomic E-state index is 0.270. The van der Waals surface area contributed by atoms with Gasteiger partial charge in [-0.1, -0.05) is 0 Å². The Morgan fingerprint density at radius 1 is 1.56 bits per heavy atom. The first-order valence-electron chi connectivity index (χ1n) is 6.29. The molecule has 0 bridgehead atoms. The second-order valence-electron chi connectivity index (χ2n) is 5.32. The van der Waals surface area contributed by atoms with Crippen molar-refractivity contribution in [1.82, 2.24) is 9.88 Å². The lowest BCUT2D eigenvalue weighted by molar-refractivity contribution is 0.191. The Morgan fingerprint density at radius 2 is 2.28 bits per heavy atom. The summed E-state index contributed by atoms with van der Waals surface area (Å²) in [6.07, 6.45) is 2.25. The van der Waals surface area contributed by atoms with Gasteiger partial charge < -0.3 is 20.6 Å². The Hall–Kier alpha value is -1.33. The fourth-order valence-electron chi connectivity index (χ4n) is 2.53. The van der Waals surface area contributed by atoms with Gasteiger partial charge in [0.2, 0.25) is 0 Å². The normalized spacial score (nSPS) is 23.9. The van der Waals surface area contributed by atoms with Gasteiger partial charge in [0.25, 0.3) is 0 Å². The summed E-state index contributed by atoms with van der Waals surface area (Å²) >= 11 is 0. The van der Waals surface area contributed by atoms with Gasteiger partial charge in [-0.2, -0.15) is 0 Å². The lowest BCUT2D eigenvalue weighted by Gasteiger charge is -2.28. The van der Waals surface area contributed by atoms with E-state index < -0.39 is 0 Å². The highest BCUT2D eigenvalue weighted by Gasteiger charge is 2.33. The second-order valence-corrected chi connectivity index (χ2v) is 5.32. The van der Waals surface area contributed by atoms with Crippen LogP contribution in [0.3, 0.4) is 0 Å². The number of aryl methyl sites for hydroxylation is 1. The number of nitrogens with zero attached hydrogens (tertiary/aromatic N) is 3. The van der Waals surface area contributed by atoms with E-state index in [1.807, 2.05) is 27.1 Å². The minimum Gasteiger partial charge on any atom is -0.396 e. The number of nitrogens with two attached hydrogens (primary N) is 1. The van der Waals surface area contributed by atoms with Gasteiger partial charge in [-0.25, -0.2) is 4.98 Å². The summed E-state index contributed by atoms with van der Waals surface area (Å²) in [6.45, 7) is 3.49. The number of likely N-dealkylation sites (N-methyl/N-ethyl adjacent to an activating group) is 1. The molecular formula is C13H22N4O. The first kappa shape index (κ1) is 13.1. The second kappa shape index (κ2) is 5.12. The molecule has 0 amide bonds. The molecule has 5 nitrogen and oxygen atoms in total. The van der Waals surface area contributed by atoms with Gasteiger partial charge in [0, 0.05) is 25.3 Å². The summed E-state index contributed by atoms with van der Waals surface area (Å²) in [7, 11) is 4.08. The molecule has 3 N–H and O–H groups in total. The number of nitrogen functional groups attached to an aromatic ring is 1. The molecule has 1 aliphatic rings. The van der Waals surface area contributed by atoms with Crippen molar-refractivity contribution in [2.24, 2.45) is 0 Å². The molecule has 1 fully saturated rings. The van der Waals surface area contributed by atoms with Crippen molar-refractivity contribution < 1.29 is 5.11 Å². The standard InChI is InChI=1S/C13H22N4O/c1-9-4-5-15-13(12(9)14)17-8-11(18)6-10(17)7-16(2)3/h4-5,10-11,18H,6-8,14H2,1-3H3. The molecule has 2 rings (SSSR count). The smallest absolute Gasteiger partial charge is 0.152 e. The highest BCUT2D eigenvalue weighted by Crippen LogP contribution is 2.30. The third kappa shape index (κ3) is 2.57. The zero-order valence-corrected chi connectivity index (χ0v) is 11.3. The van der Waals surface area contributed by atoms with Crippen molar-refractivity contribution in [3.05, 3.63) is 17.8 Å². The fourth-order valence-corrected chi connectivity index (χ4v) is 2.53. The van der Waals surface area contributed by atoms with Crippen molar-refractivity contribution >= 4 is 11.5 Å². The van der Waals surface area contributed by atoms with Crippen molar-refractivity contribution in [2.45, 2.75) is 25.5 Å². The Morgan fingerprint density at radius 3 is 2.94 bits per heavy atom. The van der Waals surface area contributed by atoms with E-state index >= 15 is 0 Å². The van der Waals surface area contributed by atoms with Crippen LogP contribution in [0.15, 0.2) is 12.3 Å². The van der Waals surface area contributed by atoms with E-state index in [1.54, 1.807) is 6.20 Å². The van der Waals surface area contributed by atoms with Gasteiger partial charge in [0.1, 0.15) is 0 Å². The quantitative estimate of drug-likeness (QED) is 0.816. The van der Waals surface area contributed by atoms with E-state index in [2.05, 4.69) is 14.8 Å². The zero-order valence-electron chi connectivity index (χ0n) is 11.3. The Kier molecular flexibility index (Phi) is 3.73. The van der Waals surface area contributed by atoms with E-state index in [-0.39, 0.29) is 12.1 Å². The Bertz CT molecular complexity index is 421. The van der Waals surface area contributed by atoms with Crippen LogP contribution >= 0.6 is 0 Å². The molecule has 1 aromatic heterocycles.